The highest BCUT2D eigenvalue weighted by molar-refractivity contribution is 5.95. The van der Waals surface area contributed by atoms with Crippen molar-refractivity contribution in [3.8, 4) is 11.3 Å². The number of benzene rings is 1. The van der Waals surface area contributed by atoms with Crippen molar-refractivity contribution in [1.82, 2.24) is 25.1 Å². The van der Waals surface area contributed by atoms with Crippen molar-refractivity contribution in [2.45, 2.75) is 44.2 Å². The van der Waals surface area contributed by atoms with Gasteiger partial charge in [0.1, 0.15) is 0 Å². The standard InChI is InChI=1S/C27H26N6O/c34-27(29-22-8-1-2-9-22)21-6-3-5-20(17-21)24-12-13-25-30-31-26(33(25)32-24)16-18-10-11-23-19(15-18)7-4-14-28-23/h3-7,10-15,17,19,22-23H,1-2,8-9,16H2,(H,29,34). The van der Waals surface area contributed by atoms with Crippen LogP contribution >= 0.6 is 0 Å². The molecule has 7 nitrogen and oxygen atoms in total. The number of aliphatic imine (C=N–C) groups is 1. The molecular weight excluding hydrogens is 424 g/mol. The summed E-state index contributed by atoms with van der Waals surface area (Å²) in [7, 11) is 0. The minimum atomic E-state index is -0.0183. The first-order valence-corrected chi connectivity index (χ1v) is 11.9. The second kappa shape index (κ2) is 8.82. The molecular formula is C27H26N6O. The molecule has 1 aromatic carbocycles. The van der Waals surface area contributed by atoms with Crippen LogP contribution in [-0.4, -0.2) is 44.0 Å². The van der Waals surface area contributed by atoms with E-state index in [4.69, 9.17) is 5.10 Å². The number of amides is 1. The Hall–Kier alpha value is -3.87. The summed E-state index contributed by atoms with van der Waals surface area (Å²) in [6, 6.07) is 12.0. The molecule has 1 fully saturated rings. The summed E-state index contributed by atoms with van der Waals surface area (Å²) in [5, 5.41) is 16.7. The van der Waals surface area contributed by atoms with E-state index in [-0.39, 0.29) is 17.9 Å². The summed E-state index contributed by atoms with van der Waals surface area (Å²) < 4.78 is 1.80. The second-order valence-corrected chi connectivity index (χ2v) is 9.17. The zero-order valence-corrected chi connectivity index (χ0v) is 18.8. The number of fused-ring (bicyclic) bond motifs is 2. The number of carbonyl (C=O) groups excluding carboxylic acids is 1. The van der Waals surface area contributed by atoms with Gasteiger partial charge in [-0.15, -0.1) is 10.2 Å². The van der Waals surface area contributed by atoms with E-state index >= 15 is 0 Å². The van der Waals surface area contributed by atoms with Gasteiger partial charge < -0.3 is 5.32 Å². The van der Waals surface area contributed by atoms with Crippen molar-refractivity contribution < 1.29 is 4.79 Å². The third-order valence-electron chi connectivity index (χ3n) is 6.79. The summed E-state index contributed by atoms with van der Waals surface area (Å²) in [6.45, 7) is 0. The lowest BCUT2D eigenvalue weighted by Crippen LogP contribution is -2.32. The van der Waals surface area contributed by atoms with E-state index < -0.39 is 0 Å². The summed E-state index contributed by atoms with van der Waals surface area (Å²) in [5.74, 6) is 1.05. The molecule has 1 saturated carbocycles. The molecule has 0 bridgehead atoms. The first-order chi connectivity index (χ1) is 16.7. The second-order valence-electron chi connectivity index (χ2n) is 9.17. The highest BCUT2D eigenvalue weighted by Gasteiger charge is 2.21. The predicted octanol–water partition coefficient (Wildman–Crippen LogP) is 4.13. The molecule has 0 radical (unpaired) electrons. The Morgan fingerprint density at radius 3 is 2.91 bits per heavy atom. The minimum Gasteiger partial charge on any atom is -0.349 e. The third kappa shape index (κ3) is 4.09. The van der Waals surface area contributed by atoms with Crippen LogP contribution in [-0.2, 0) is 6.42 Å². The Balaban J connectivity index is 1.25. The third-order valence-corrected chi connectivity index (χ3v) is 6.79. The molecule has 3 aromatic rings. The molecule has 170 valence electrons. The largest absolute Gasteiger partial charge is 0.349 e. The number of nitrogens with zero attached hydrogens (tertiary/aromatic N) is 5. The van der Waals surface area contributed by atoms with Gasteiger partial charge in [-0.2, -0.15) is 9.61 Å². The van der Waals surface area contributed by atoms with Gasteiger partial charge in [0.05, 0.1) is 11.7 Å². The number of dihydropyridines is 1. The summed E-state index contributed by atoms with van der Waals surface area (Å²) in [4.78, 5) is 17.3. The van der Waals surface area contributed by atoms with Crippen molar-refractivity contribution in [3.63, 3.8) is 0 Å². The van der Waals surface area contributed by atoms with Gasteiger partial charge in [-0.05, 0) is 48.8 Å². The number of nitrogens with one attached hydrogen (secondary N) is 1. The van der Waals surface area contributed by atoms with E-state index in [1.165, 1.54) is 18.4 Å². The van der Waals surface area contributed by atoms with Gasteiger partial charge in [0.2, 0.25) is 0 Å². The van der Waals surface area contributed by atoms with Gasteiger partial charge in [-0.3, -0.25) is 9.79 Å². The molecule has 2 unspecified atom stereocenters. The maximum Gasteiger partial charge on any atom is 0.251 e. The molecule has 34 heavy (non-hydrogen) atoms. The topological polar surface area (TPSA) is 84.5 Å². The number of hydrogen-bond acceptors (Lipinski definition) is 5. The molecule has 0 spiro atoms. The van der Waals surface area contributed by atoms with E-state index in [1.54, 1.807) is 4.52 Å². The van der Waals surface area contributed by atoms with Crippen LogP contribution in [0.15, 0.2) is 77.3 Å². The van der Waals surface area contributed by atoms with E-state index in [0.29, 0.717) is 23.7 Å². The van der Waals surface area contributed by atoms with Gasteiger partial charge in [0.15, 0.2) is 11.5 Å². The molecule has 2 aromatic heterocycles. The number of hydrogen-bond donors (Lipinski definition) is 1. The number of aromatic nitrogens is 4. The van der Waals surface area contributed by atoms with E-state index in [0.717, 1.165) is 29.9 Å². The lowest BCUT2D eigenvalue weighted by molar-refractivity contribution is 0.0938. The maximum absolute atomic E-state index is 12.7. The van der Waals surface area contributed by atoms with Crippen molar-refractivity contribution >= 4 is 17.8 Å². The fourth-order valence-electron chi connectivity index (χ4n) is 4.95. The zero-order chi connectivity index (χ0) is 22.9. The highest BCUT2D eigenvalue weighted by atomic mass is 16.1. The van der Waals surface area contributed by atoms with Crippen molar-refractivity contribution in [1.29, 1.82) is 0 Å². The molecule has 2 atom stereocenters. The van der Waals surface area contributed by atoms with Crippen molar-refractivity contribution in [3.05, 3.63) is 83.7 Å². The van der Waals surface area contributed by atoms with Crippen LogP contribution in [0.1, 0.15) is 41.9 Å². The molecule has 2 aliphatic carbocycles. The highest BCUT2D eigenvalue weighted by Crippen LogP contribution is 2.26. The number of allylic oxidation sites excluding steroid dienone is 3. The molecule has 3 heterocycles. The van der Waals surface area contributed by atoms with E-state index in [9.17, 15) is 4.79 Å². The Labute approximate surface area is 198 Å². The fraction of sp³-hybridized carbons (Fsp3) is 0.296. The van der Waals surface area contributed by atoms with E-state index in [2.05, 4.69) is 44.8 Å². The lowest BCUT2D eigenvalue weighted by Gasteiger charge is -2.22. The monoisotopic (exact) mass is 450 g/mol. The number of carbonyl (C=O) groups is 1. The first kappa shape index (κ1) is 20.7. The lowest BCUT2D eigenvalue weighted by atomic mass is 9.89. The van der Waals surface area contributed by atoms with Crippen molar-refractivity contribution in [2.75, 3.05) is 0 Å². The normalized spacial score (nSPS) is 21.6. The molecule has 7 heteroatoms. The molecule has 0 saturated heterocycles. The first-order valence-electron chi connectivity index (χ1n) is 11.9. The van der Waals surface area contributed by atoms with Crippen molar-refractivity contribution in [2.24, 2.45) is 10.9 Å². The minimum absolute atomic E-state index is 0.0183. The van der Waals surface area contributed by atoms with Crippen LogP contribution in [0.2, 0.25) is 0 Å². The summed E-state index contributed by atoms with van der Waals surface area (Å²) in [5.41, 5.74) is 4.21. The van der Waals surface area contributed by atoms with E-state index in [1.807, 2.05) is 48.7 Å². The smallest absolute Gasteiger partial charge is 0.251 e. The van der Waals surface area contributed by atoms with Crippen LogP contribution in [0.25, 0.3) is 16.9 Å². The Bertz CT molecular complexity index is 1360. The fourth-order valence-corrected chi connectivity index (χ4v) is 4.95. The quantitative estimate of drug-likeness (QED) is 0.634. The molecule has 1 aliphatic heterocycles. The van der Waals surface area contributed by atoms with Gasteiger partial charge in [-0.1, -0.05) is 49.3 Å². The Morgan fingerprint density at radius 1 is 1.09 bits per heavy atom. The van der Waals surface area contributed by atoms with Gasteiger partial charge >= 0.3 is 0 Å². The predicted molar refractivity (Wildman–Crippen MR) is 132 cm³/mol. The summed E-state index contributed by atoms with van der Waals surface area (Å²) >= 11 is 0. The van der Waals surface area contributed by atoms with Gasteiger partial charge in [-0.25, -0.2) is 0 Å². The van der Waals surface area contributed by atoms with Crippen LogP contribution < -0.4 is 5.32 Å². The molecule has 1 amide bonds. The number of rotatable bonds is 5. The average molecular weight is 451 g/mol. The average Bonchev–Trinajstić information content (AvgIpc) is 3.54. The molecule has 6 rings (SSSR count). The Kier molecular flexibility index (Phi) is 5.37. The molecule has 1 N–H and O–H groups in total. The van der Waals surface area contributed by atoms with Crippen LogP contribution in [0, 0.1) is 5.92 Å². The van der Waals surface area contributed by atoms with Crippen LogP contribution in [0.4, 0.5) is 0 Å². The van der Waals surface area contributed by atoms with Crippen LogP contribution in [0.5, 0.6) is 0 Å². The van der Waals surface area contributed by atoms with Gasteiger partial charge in [0.25, 0.3) is 5.91 Å². The molecule has 3 aliphatic rings. The van der Waals surface area contributed by atoms with Gasteiger partial charge in [0, 0.05) is 35.7 Å². The zero-order valence-electron chi connectivity index (χ0n) is 18.8. The SMILES string of the molecule is O=C(NC1CCCC1)c1cccc(-c2ccc3nnc(CC4=CC5C=CC=NC5C=C4)n3n2)c1. The Morgan fingerprint density at radius 2 is 2.00 bits per heavy atom. The summed E-state index contributed by atoms with van der Waals surface area (Å²) in [6.07, 6.45) is 17.7. The van der Waals surface area contributed by atoms with Crippen LogP contribution in [0.3, 0.4) is 0 Å². The maximum atomic E-state index is 12.7.